The van der Waals surface area contributed by atoms with Gasteiger partial charge in [0.15, 0.2) is 12.6 Å². The van der Waals surface area contributed by atoms with Gasteiger partial charge in [0.25, 0.3) is 0 Å². The number of ether oxygens (including phenoxy) is 5. The number of rotatable bonds is 6. The van der Waals surface area contributed by atoms with Crippen LogP contribution in [-0.2, 0) is 33.3 Å². The Balaban J connectivity index is 1.22. The number of carbonyl (C=O) groups is 2. The minimum atomic E-state index is -1.62. The lowest BCUT2D eigenvalue weighted by Crippen LogP contribution is -2.71. The third-order valence-corrected chi connectivity index (χ3v) is 14.1. The summed E-state index contributed by atoms with van der Waals surface area (Å²) in [4.78, 5) is 25.7. The van der Waals surface area contributed by atoms with Gasteiger partial charge in [-0.2, -0.15) is 0 Å². The minimum Gasteiger partial charge on any atom is -0.458 e. The Morgan fingerprint density at radius 1 is 0.796 bits per heavy atom. The van der Waals surface area contributed by atoms with Crippen molar-refractivity contribution in [3.63, 3.8) is 0 Å². The SMILES string of the molecule is C[C@@H]1O[C@@H](O[C@H]2CC[C@]3(C=O)[C@@H]4CC[C@]5(C)[C@@H](C6=CC(=O)OC6)CC[C@]5(O)[C@@H]4CC[C@]3(O[C@H]3O[C@H](C)[C@@H](O)[C@H](O)[C@@H]3O)C2)[C@H](O)[C@H](O)[C@H]1O. The zero-order valence-electron chi connectivity index (χ0n) is 28.3. The van der Waals surface area contributed by atoms with E-state index in [0.29, 0.717) is 38.5 Å². The van der Waals surface area contributed by atoms with Gasteiger partial charge < -0.3 is 64.2 Å². The molecule has 0 bridgehead atoms. The molecule has 0 unspecified atom stereocenters. The number of hydrogen-bond acceptors (Lipinski definition) is 14. The molecule has 18 atom stereocenters. The van der Waals surface area contributed by atoms with E-state index in [1.165, 1.54) is 0 Å². The first-order chi connectivity index (χ1) is 23.1. The number of aldehydes is 1. The molecule has 0 aromatic rings. The molecule has 14 heteroatoms. The van der Waals surface area contributed by atoms with Gasteiger partial charge in [0, 0.05) is 17.9 Å². The second kappa shape index (κ2) is 12.5. The van der Waals surface area contributed by atoms with Crippen molar-refractivity contribution in [3.05, 3.63) is 11.6 Å². The lowest BCUT2D eigenvalue weighted by atomic mass is 9.41. The van der Waals surface area contributed by atoms with E-state index >= 15 is 0 Å². The molecule has 49 heavy (non-hydrogen) atoms. The summed E-state index contributed by atoms with van der Waals surface area (Å²) < 4.78 is 29.9. The van der Waals surface area contributed by atoms with Crippen LogP contribution >= 0.6 is 0 Å². The molecule has 276 valence electrons. The maximum Gasteiger partial charge on any atom is 0.331 e. The van der Waals surface area contributed by atoms with Gasteiger partial charge in [-0.05, 0) is 88.5 Å². The molecule has 3 aliphatic heterocycles. The van der Waals surface area contributed by atoms with Gasteiger partial charge in [-0.25, -0.2) is 4.79 Å². The Morgan fingerprint density at radius 2 is 1.43 bits per heavy atom. The standard InChI is InChI=1S/C35H52O14/c1-16-24(38)26(40)28(42)30(46-16)48-19-4-9-33(15-36)21-5-8-32(3)20(18-12-23(37)45-14-18)7-11-35(32,44)22(21)6-10-34(33,13-19)49-31-29(43)27(41)25(39)17(2)47-31/h12,15-17,19-22,24-31,38-44H,4-11,13-14H2,1-3H3/t16-,17+,19-,20+,21+,22+,24-,25+,26+,27-,28+,29-,30-,31+,32+,33-,34-,35-/m0/s1. The highest BCUT2D eigenvalue weighted by Crippen LogP contribution is 2.71. The molecular formula is C35H52O14. The van der Waals surface area contributed by atoms with Crippen LogP contribution in [0.4, 0.5) is 0 Å². The van der Waals surface area contributed by atoms with Crippen LogP contribution in [0.2, 0.25) is 0 Å². The van der Waals surface area contributed by atoms with Crippen LogP contribution in [0.25, 0.3) is 0 Å². The zero-order chi connectivity index (χ0) is 35.3. The van der Waals surface area contributed by atoms with E-state index in [1.54, 1.807) is 19.9 Å². The van der Waals surface area contributed by atoms with Crippen molar-refractivity contribution in [2.24, 2.45) is 28.6 Å². The van der Waals surface area contributed by atoms with E-state index in [4.69, 9.17) is 23.7 Å². The summed E-state index contributed by atoms with van der Waals surface area (Å²) in [5, 5.41) is 76.2. The molecular weight excluding hydrogens is 644 g/mol. The Hall–Kier alpha value is -1.56. The molecule has 0 amide bonds. The monoisotopic (exact) mass is 696 g/mol. The van der Waals surface area contributed by atoms with Gasteiger partial charge in [0.2, 0.25) is 0 Å². The van der Waals surface area contributed by atoms with Gasteiger partial charge in [0.05, 0.1) is 34.9 Å². The molecule has 0 spiro atoms. The van der Waals surface area contributed by atoms with E-state index in [-0.39, 0.29) is 49.6 Å². The van der Waals surface area contributed by atoms with Gasteiger partial charge in [-0.1, -0.05) is 6.92 Å². The van der Waals surface area contributed by atoms with Crippen molar-refractivity contribution < 1.29 is 69.0 Å². The highest BCUT2D eigenvalue weighted by molar-refractivity contribution is 5.85. The third-order valence-electron chi connectivity index (χ3n) is 14.1. The normalized spacial score (nSPS) is 55.9. The van der Waals surface area contributed by atoms with E-state index in [9.17, 15) is 45.3 Å². The topological polar surface area (TPSA) is 222 Å². The Labute approximate surface area is 285 Å². The molecule has 0 radical (unpaired) electrons. The average molecular weight is 697 g/mol. The van der Waals surface area contributed by atoms with Crippen LogP contribution in [0, 0.1) is 28.6 Å². The fraction of sp³-hybridized carbons (Fsp3) is 0.886. The number of hydrogen-bond donors (Lipinski definition) is 7. The van der Waals surface area contributed by atoms with Gasteiger partial charge in [-0.15, -0.1) is 0 Å². The van der Waals surface area contributed by atoms with E-state index in [0.717, 1.165) is 11.9 Å². The molecule has 7 aliphatic rings. The van der Waals surface area contributed by atoms with Crippen molar-refractivity contribution >= 4 is 12.3 Å². The second-order valence-electron chi connectivity index (χ2n) is 16.2. The molecule has 3 heterocycles. The number of esters is 1. The zero-order valence-corrected chi connectivity index (χ0v) is 28.3. The molecule has 7 rings (SSSR count). The van der Waals surface area contributed by atoms with Crippen LogP contribution in [0.1, 0.15) is 78.6 Å². The largest absolute Gasteiger partial charge is 0.458 e. The predicted molar refractivity (Wildman–Crippen MR) is 166 cm³/mol. The highest BCUT2D eigenvalue weighted by atomic mass is 16.7. The first-order valence-corrected chi connectivity index (χ1v) is 17.9. The quantitative estimate of drug-likeness (QED) is 0.107. The lowest BCUT2D eigenvalue weighted by molar-refractivity contribution is -0.364. The van der Waals surface area contributed by atoms with Gasteiger partial charge in [-0.3, -0.25) is 0 Å². The summed E-state index contributed by atoms with van der Waals surface area (Å²) >= 11 is 0. The van der Waals surface area contributed by atoms with Crippen molar-refractivity contribution in [3.8, 4) is 0 Å². The Bertz CT molecular complexity index is 1330. The summed E-state index contributed by atoms with van der Waals surface area (Å²) in [6, 6.07) is 0. The summed E-state index contributed by atoms with van der Waals surface area (Å²) in [5.74, 6) is -1.01. The molecule has 4 aliphatic carbocycles. The second-order valence-corrected chi connectivity index (χ2v) is 16.2. The van der Waals surface area contributed by atoms with Crippen LogP contribution in [-0.4, -0.2) is 133 Å². The molecule has 0 aromatic heterocycles. The molecule has 2 saturated heterocycles. The highest BCUT2D eigenvalue weighted by Gasteiger charge is 2.73. The van der Waals surface area contributed by atoms with Crippen LogP contribution in [0.3, 0.4) is 0 Å². The van der Waals surface area contributed by atoms with Gasteiger partial charge >= 0.3 is 5.97 Å². The first kappa shape index (κ1) is 35.8. The maximum absolute atomic E-state index is 13.8. The van der Waals surface area contributed by atoms with E-state index in [2.05, 4.69) is 6.92 Å². The molecule has 14 nitrogen and oxygen atoms in total. The lowest BCUT2D eigenvalue weighted by Gasteiger charge is -2.66. The summed E-state index contributed by atoms with van der Waals surface area (Å²) in [6.07, 6.45) is -7.55. The van der Waals surface area contributed by atoms with Crippen LogP contribution in [0.15, 0.2) is 11.6 Å². The fourth-order valence-corrected chi connectivity index (χ4v) is 11.3. The summed E-state index contributed by atoms with van der Waals surface area (Å²) in [7, 11) is 0. The van der Waals surface area contributed by atoms with Gasteiger partial charge in [0.1, 0.15) is 49.5 Å². The van der Waals surface area contributed by atoms with Crippen molar-refractivity contribution in [1.82, 2.24) is 0 Å². The molecule has 7 N–H and O–H groups in total. The number of cyclic esters (lactones) is 1. The smallest absolute Gasteiger partial charge is 0.331 e. The minimum absolute atomic E-state index is 0.0393. The van der Waals surface area contributed by atoms with Crippen LogP contribution < -0.4 is 0 Å². The predicted octanol–water partition coefficient (Wildman–Crippen LogP) is -0.398. The first-order valence-electron chi connectivity index (χ1n) is 17.9. The third kappa shape index (κ3) is 5.23. The number of carbonyl (C=O) groups excluding carboxylic acids is 2. The van der Waals surface area contributed by atoms with Crippen molar-refractivity contribution in [1.29, 1.82) is 0 Å². The Kier molecular flexibility index (Phi) is 9.17. The Morgan fingerprint density at radius 3 is 2.06 bits per heavy atom. The van der Waals surface area contributed by atoms with Crippen LogP contribution in [0.5, 0.6) is 0 Å². The number of aliphatic hydroxyl groups is 7. The summed E-state index contributed by atoms with van der Waals surface area (Å²) in [6.45, 7) is 5.42. The number of fused-ring (bicyclic) bond motifs is 5. The average Bonchev–Trinajstić information content (AvgIpc) is 3.62. The molecule has 0 aromatic carbocycles. The van der Waals surface area contributed by atoms with Crippen molar-refractivity contribution in [2.45, 2.75) is 157 Å². The molecule has 6 fully saturated rings. The number of aliphatic hydroxyl groups excluding tert-OH is 6. The van der Waals surface area contributed by atoms with E-state index in [1.807, 2.05) is 0 Å². The van der Waals surface area contributed by atoms with Crippen molar-refractivity contribution in [2.75, 3.05) is 6.61 Å². The molecule has 4 saturated carbocycles. The fourth-order valence-electron chi connectivity index (χ4n) is 11.3. The summed E-state index contributed by atoms with van der Waals surface area (Å²) in [5.41, 5.74) is -3.26. The van der Waals surface area contributed by atoms with E-state index < -0.39 is 89.5 Å². The maximum atomic E-state index is 13.8.